The number of hydrogen-bond acceptors (Lipinski definition) is 20. The van der Waals surface area contributed by atoms with E-state index in [2.05, 4.69) is 155 Å². The Hall–Kier alpha value is -12.0. The highest BCUT2D eigenvalue weighted by Gasteiger charge is 2.33. The molecule has 0 atom stereocenters. The molecule has 5 N–H and O–H groups in total. The summed E-state index contributed by atoms with van der Waals surface area (Å²) in [5.41, 5.74) is 22.1. The van der Waals surface area contributed by atoms with E-state index in [0.29, 0.717) is 16.9 Å². The number of aryl methyl sites for hydroxylation is 5. The highest BCUT2D eigenvalue weighted by atomic mass is 19.1. The van der Waals surface area contributed by atoms with Crippen LogP contribution in [0, 0.1) is 63.7 Å². The summed E-state index contributed by atoms with van der Waals surface area (Å²) in [6, 6.07) is 55.9. The fraction of sp³-hybridized carbons (Fsp3) is 0.343. The normalized spacial score (nSPS) is 17.3. The van der Waals surface area contributed by atoms with Gasteiger partial charge in [0, 0.05) is 159 Å². The lowest BCUT2D eigenvalue weighted by atomic mass is 10.1. The summed E-state index contributed by atoms with van der Waals surface area (Å²) in [6.07, 6.45) is 0. The van der Waals surface area contributed by atoms with Crippen molar-refractivity contribution < 1.29 is 22.0 Å². The van der Waals surface area contributed by atoms with Crippen LogP contribution in [0.3, 0.4) is 0 Å². The van der Waals surface area contributed by atoms with Crippen molar-refractivity contribution >= 4 is 114 Å². The van der Waals surface area contributed by atoms with Gasteiger partial charge in [0.1, 0.15) is 58.3 Å². The quantitative estimate of drug-likeness (QED) is 0.106. The van der Waals surface area contributed by atoms with Gasteiger partial charge in [0.2, 0.25) is 0 Å². The molecule has 20 nitrogen and oxygen atoms in total. The van der Waals surface area contributed by atoms with Crippen LogP contribution in [-0.4, -0.2) is 242 Å². The standard InChI is InChI=1S/4C20H23FN4.C19H21FN4/c1-3-24-8-10-25(11-9-24)20-16-6-5-15(21)13-18(16)22-17-7-4-14(2)12-19(17)23-20;1-3-24-8-10-25(11-9-24)20-16-13-15(21)5-7-17(16)22-18-6-4-14(2)12-19(18)23-20;1-3-24-9-11-25(12-10-24)20-19-15(21)5-4-6-17(19)22-16-8-7-14(2)13-18(16)23-20;1-3-24-9-11-25(12-10-24)20-15-5-4-6-16(21)19(15)22-17-8-7-14(2)13-18(17)23-20;1-13-6-7-16-17(12-13)22-19(24-10-8-23(2)9-11-24)14-4-3-5-15(20)18(14)21-16/h2*4-7,12-13,22H,3,8-11H2,1-2H3;2*4-8,13,22H,3,9-12H2,1-2H3;3-7,12,21H,8-11H2,1-2H3. The Labute approximate surface area is 726 Å². The second-order valence-electron chi connectivity index (χ2n) is 33.2. The first-order valence-electron chi connectivity index (χ1n) is 43.8. The minimum absolute atomic E-state index is 0.230. The number of anilines is 10. The van der Waals surface area contributed by atoms with Gasteiger partial charge in [0.15, 0.2) is 0 Å². The zero-order chi connectivity index (χ0) is 86.2. The summed E-state index contributed by atoms with van der Waals surface area (Å²) in [6.45, 7) is 42.3. The minimum atomic E-state index is -0.247. The molecule has 0 radical (unpaired) electrons. The van der Waals surface area contributed by atoms with Crippen molar-refractivity contribution in [2.45, 2.75) is 62.3 Å². The molecular weight excluding hydrogens is 1560 g/mol. The second kappa shape index (κ2) is 38.4. The molecule has 5 saturated heterocycles. The van der Waals surface area contributed by atoms with Crippen LogP contribution < -0.4 is 26.6 Å². The van der Waals surface area contributed by atoms with Crippen LogP contribution in [0.1, 0.15) is 83.3 Å². The summed E-state index contributed by atoms with van der Waals surface area (Å²) in [4.78, 5) is 48.1. The number of halogens is 5. The van der Waals surface area contributed by atoms with Gasteiger partial charge in [0.25, 0.3) is 0 Å². The minimum Gasteiger partial charge on any atom is -0.353 e. The third-order valence-electron chi connectivity index (χ3n) is 24.7. The van der Waals surface area contributed by atoms with Gasteiger partial charge in [-0.15, -0.1) is 0 Å². The monoisotopic (exact) mass is 1680 g/mol. The number of aliphatic imine (C=N–C) groups is 5. The lowest BCUT2D eigenvalue weighted by molar-refractivity contribution is 0.190. The summed E-state index contributed by atoms with van der Waals surface area (Å²) < 4.78 is 71.6. The maximum Gasteiger partial charge on any atom is 0.147 e. The van der Waals surface area contributed by atoms with E-state index in [1.54, 1.807) is 36.4 Å². The van der Waals surface area contributed by atoms with E-state index in [1.165, 1.54) is 30.3 Å². The van der Waals surface area contributed by atoms with E-state index in [-0.39, 0.29) is 29.1 Å². The molecule has 0 saturated carbocycles. The van der Waals surface area contributed by atoms with Gasteiger partial charge in [-0.2, -0.15) is 0 Å². The number of piperazine rings is 5. The molecule has 0 spiro atoms. The maximum atomic E-state index is 14.7. The van der Waals surface area contributed by atoms with Crippen molar-refractivity contribution in [2.75, 3.05) is 191 Å². The molecule has 644 valence electrons. The number of fused-ring (bicyclic) bond motifs is 10. The van der Waals surface area contributed by atoms with Gasteiger partial charge in [-0.25, -0.2) is 46.9 Å². The van der Waals surface area contributed by atoms with Gasteiger partial charge in [-0.3, -0.25) is 0 Å². The molecule has 10 aromatic carbocycles. The van der Waals surface area contributed by atoms with Crippen molar-refractivity contribution in [3.05, 3.63) is 267 Å². The molecular formula is C99H113F5N20. The predicted molar refractivity (Wildman–Crippen MR) is 499 cm³/mol. The number of amidine groups is 5. The Kier molecular flexibility index (Phi) is 26.5. The Morgan fingerprint density at radius 2 is 0.556 bits per heavy atom. The van der Waals surface area contributed by atoms with Crippen molar-refractivity contribution in [2.24, 2.45) is 25.0 Å². The molecule has 0 amide bonds. The highest BCUT2D eigenvalue weighted by Crippen LogP contribution is 2.43. The molecule has 10 aromatic rings. The van der Waals surface area contributed by atoms with E-state index in [0.717, 1.165) is 310 Å². The molecule has 124 heavy (non-hydrogen) atoms. The number of rotatable bonds is 4. The zero-order valence-electron chi connectivity index (χ0n) is 72.9. The van der Waals surface area contributed by atoms with Crippen LogP contribution in [0.25, 0.3) is 0 Å². The van der Waals surface area contributed by atoms with Gasteiger partial charge in [-0.1, -0.05) is 76.2 Å². The second-order valence-corrected chi connectivity index (χ2v) is 33.2. The SMILES string of the molecule is CCN1CCN(C2=Nc3cc(C)ccc3Nc3c(F)cccc32)CC1.CCN1CCN(C2=Nc3cc(C)ccc3Nc3cc(F)ccc32)CC1.CCN1CCN(C2=Nc3cc(C)ccc3Nc3ccc(F)cc32)CC1.CCN1CCN(C2=Nc3cc(C)ccc3Nc3cccc(F)c32)CC1.Cc1ccc2c(c1)N=C(N1CCN(C)CC1)c1cccc(F)c1N2. The first-order chi connectivity index (χ1) is 60.2. The molecule has 10 aliphatic heterocycles. The Bertz CT molecular complexity index is 5660. The van der Waals surface area contributed by atoms with Crippen LogP contribution in [0.4, 0.5) is 107 Å². The number of hydrogen-bond donors (Lipinski definition) is 5. The molecule has 10 heterocycles. The molecule has 0 aliphatic carbocycles. The fourth-order valence-corrected chi connectivity index (χ4v) is 17.2. The summed E-state index contributed by atoms with van der Waals surface area (Å²) in [5, 5.41) is 16.7. The fourth-order valence-electron chi connectivity index (χ4n) is 17.2. The van der Waals surface area contributed by atoms with Crippen molar-refractivity contribution in [1.29, 1.82) is 0 Å². The summed E-state index contributed by atoms with van der Waals surface area (Å²) in [5.74, 6) is 3.06. The topological polar surface area (TPSA) is 154 Å². The highest BCUT2D eigenvalue weighted by molar-refractivity contribution is 6.12. The first-order valence-corrected chi connectivity index (χ1v) is 43.8. The molecule has 10 aliphatic rings. The van der Waals surface area contributed by atoms with Crippen LogP contribution in [0.5, 0.6) is 0 Å². The van der Waals surface area contributed by atoms with Crippen LogP contribution >= 0.6 is 0 Å². The molecule has 20 rings (SSSR count). The lowest BCUT2D eigenvalue weighted by Crippen LogP contribution is -2.48. The Balaban J connectivity index is 0.000000115. The average Bonchev–Trinajstić information content (AvgIpc) is 1.66. The average molecular weight is 1680 g/mol. The van der Waals surface area contributed by atoms with Crippen molar-refractivity contribution in [3.8, 4) is 0 Å². The van der Waals surface area contributed by atoms with Crippen LogP contribution in [0.15, 0.2) is 207 Å². The molecule has 5 fully saturated rings. The van der Waals surface area contributed by atoms with E-state index < -0.39 is 0 Å². The van der Waals surface area contributed by atoms with E-state index >= 15 is 0 Å². The largest absolute Gasteiger partial charge is 0.353 e. The number of likely N-dealkylation sites (N-methyl/N-ethyl adjacent to an activating group) is 5. The third kappa shape index (κ3) is 19.5. The lowest BCUT2D eigenvalue weighted by Gasteiger charge is -2.36. The van der Waals surface area contributed by atoms with E-state index in [4.69, 9.17) is 25.0 Å². The predicted octanol–water partition coefficient (Wildman–Crippen LogP) is 19.1. The van der Waals surface area contributed by atoms with Crippen molar-refractivity contribution in [1.82, 2.24) is 49.0 Å². The molecule has 0 aromatic heterocycles. The zero-order valence-corrected chi connectivity index (χ0v) is 72.9. The van der Waals surface area contributed by atoms with Crippen LogP contribution in [-0.2, 0) is 0 Å². The third-order valence-corrected chi connectivity index (χ3v) is 24.7. The summed E-state index contributed by atoms with van der Waals surface area (Å²) >= 11 is 0. The maximum absolute atomic E-state index is 14.7. The Morgan fingerprint density at radius 3 is 0.952 bits per heavy atom. The van der Waals surface area contributed by atoms with Gasteiger partial charge < -0.3 is 75.6 Å². The number of nitrogens with zero attached hydrogens (tertiary/aromatic N) is 15. The first kappa shape index (κ1) is 85.6. The smallest absolute Gasteiger partial charge is 0.147 e. The van der Waals surface area contributed by atoms with E-state index in [9.17, 15) is 22.0 Å². The van der Waals surface area contributed by atoms with Crippen molar-refractivity contribution in [3.63, 3.8) is 0 Å². The summed E-state index contributed by atoms with van der Waals surface area (Å²) in [7, 11) is 2.13. The van der Waals surface area contributed by atoms with Gasteiger partial charge in [-0.05, 0) is 229 Å². The molecule has 0 unspecified atom stereocenters. The van der Waals surface area contributed by atoms with Crippen LogP contribution in [0.2, 0.25) is 0 Å². The number of nitrogens with one attached hydrogen (secondary N) is 5. The molecule has 25 heteroatoms. The number of benzene rings is 10. The van der Waals surface area contributed by atoms with Gasteiger partial charge >= 0.3 is 0 Å². The van der Waals surface area contributed by atoms with E-state index in [1.807, 2.05) is 106 Å². The van der Waals surface area contributed by atoms with Gasteiger partial charge in [0.05, 0.1) is 85.2 Å². The Morgan fingerprint density at radius 1 is 0.258 bits per heavy atom. The number of para-hydroxylation sites is 2. The molecule has 0 bridgehead atoms.